The number of halogens is 2. The maximum absolute atomic E-state index is 6.19. The van der Waals surface area contributed by atoms with Gasteiger partial charge in [-0.15, -0.1) is 11.3 Å². The molecule has 0 radical (unpaired) electrons. The van der Waals surface area contributed by atoms with Crippen molar-refractivity contribution >= 4 is 38.9 Å². The van der Waals surface area contributed by atoms with E-state index in [1.807, 2.05) is 0 Å². The molecule has 1 N–H and O–H groups in total. The van der Waals surface area contributed by atoms with E-state index < -0.39 is 0 Å². The predicted octanol–water partition coefficient (Wildman–Crippen LogP) is 6.16. The molecule has 2 aromatic rings. The molecule has 1 aromatic carbocycles. The van der Waals surface area contributed by atoms with Crippen LogP contribution < -0.4 is 5.32 Å². The zero-order chi connectivity index (χ0) is 15.6. The first-order valence-electron chi connectivity index (χ1n) is 7.11. The molecule has 1 heterocycles. The average Bonchev–Trinajstić information content (AvgIpc) is 2.75. The van der Waals surface area contributed by atoms with Crippen LogP contribution in [-0.4, -0.2) is 6.54 Å². The SMILES string of the molecule is CCNC(c1ccc(C(C)(C)C)cc1)c1cc(Br)c(Cl)s1. The Bertz CT molecular complexity index is 579. The Hall–Kier alpha value is -0.350. The van der Waals surface area contributed by atoms with Gasteiger partial charge in [-0.2, -0.15) is 0 Å². The van der Waals surface area contributed by atoms with Crippen molar-refractivity contribution in [3.8, 4) is 0 Å². The van der Waals surface area contributed by atoms with Gasteiger partial charge in [0.25, 0.3) is 0 Å². The van der Waals surface area contributed by atoms with E-state index in [0.29, 0.717) is 0 Å². The monoisotopic (exact) mass is 385 g/mol. The van der Waals surface area contributed by atoms with Gasteiger partial charge in [0.1, 0.15) is 4.34 Å². The van der Waals surface area contributed by atoms with E-state index in [1.54, 1.807) is 11.3 Å². The summed E-state index contributed by atoms with van der Waals surface area (Å²) in [6.45, 7) is 9.75. The van der Waals surface area contributed by atoms with Crippen LogP contribution >= 0.6 is 38.9 Å². The molecule has 0 amide bonds. The van der Waals surface area contributed by atoms with Gasteiger partial charge in [0.05, 0.1) is 6.04 Å². The molecule has 1 unspecified atom stereocenters. The van der Waals surface area contributed by atoms with Crippen molar-refractivity contribution in [2.24, 2.45) is 0 Å². The first-order valence-corrected chi connectivity index (χ1v) is 9.10. The van der Waals surface area contributed by atoms with Crippen LogP contribution in [0.15, 0.2) is 34.8 Å². The molecule has 1 atom stereocenters. The van der Waals surface area contributed by atoms with Crippen LogP contribution in [0, 0.1) is 0 Å². The van der Waals surface area contributed by atoms with Gasteiger partial charge >= 0.3 is 0 Å². The lowest BCUT2D eigenvalue weighted by Gasteiger charge is -2.21. The Morgan fingerprint density at radius 1 is 1.24 bits per heavy atom. The van der Waals surface area contributed by atoms with Crippen molar-refractivity contribution in [1.29, 1.82) is 0 Å². The Kier molecular flexibility index (Phi) is 5.53. The van der Waals surface area contributed by atoms with E-state index in [2.05, 4.69) is 79.3 Å². The normalized spacial score (nSPS) is 13.4. The van der Waals surface area contributed by atoms with Crippen molar-refractivity contribution in [2.75, 3.05) is 6.54 Å². The molecule has 0 aliphatic heterocycles. The van der Waals surface area contributed by atoms with Crippen LogP contribution in [0.3, 0.4) is 0 Å². The van der Waals surface area contributed by atoms with E-state index in [9.17, 15) is 0 Å². The number of rotatable bonds is 4. The van der Waals surface area contributed by atoms with Gasteiger partial charge in [0.2, 0.25) is 0 Å². The molecule has 1 aromatic heterocycles. The highest BCUT2D eigenvalue weighted by Gasteiger charge is 2.19. The van der Waals surface area contributed by atoms with Crippen molar-refractivity contribution in [2.45, 2.75) is 39.2 Å². The third-order valence-electron chi connectivity index (χ3n) is 3.47. The van der Waals surface area contributed by atoms with Crippen molar-refractivity contribution in [1.82, 2.24) is 5.32 Å². The molecular weight excluding hydrogens is 366 g/mol. The first-order chi connectivity index (χ1) is 9.82. The topological polar surface area (TPSA) is 12.0 Å². The van der Waals surface area contributed by atoms with Gasteiger partial charge in [0.15, 0.2) is 0 Å². The minimum atomic E-state index is 0.182. The second kappa shape index (κ2) is 6.82. The summed E-state index contributed by atoms with van der Waals surface area (Å²) in [5, 5.41) is 3.54. The molecule has 0 aliphatic carbocycles. The van der Waals surface area contributed by atoms with Gasteiger partial charge in [-0.05, 0) is 45.1 Å². The van der Waals surface area contributed by atoms with Gasteiger partial charge in [-0.3, -0.25) is 0 Å². The zero-order valence-corrected chi connectivity index (χ0v) is 16.0. The quantitative estimate of drug-likeness (QED) is 0.663. The highest BCUT2D eigenvalue weighted by Crippen LogP contribution is 2.37. The fourth-order valence-electron chi connectivity index (χ4n) is 2.27. The molecule has 2 rings (SSSR count). The second-order valence-corrected chi connectivity index (χ2v) is 8.67. The largest absolute Gasteiger partial charge is 0.306 e. The summed E-state index contributed by atoms with van der Waals surface area (Å²) >= 11 is 11.3. The summed E-state index contributed by atoms with van der Waals surface area (Å²) in [6, 6.07) is 11.2. The predicted molar refractivity (Wildman–Crippen MR) is 97.7 cm³/mol. The summed E-state index contributed by atoms with van der Waals surface area (Å²) in [6.07, 6.45) is 0. The number of thiophene rings is 1. The Morgan fingerprint density at radius 3 is 2.29 bits per heavy atom. The van der Waals surface area contributed by atoms with E-state index in [-0.39, 0.29) is 11.5 Å². The maximum Gasteiger partial charge on any atom is 0.107 e. The third kappa shape index (κ3) is 4.10. The summed E-state index contributed by atoms with van der Waals surface area (Å²) in [7, 11) is 0. The molecule has 0 saturated heterocycles. The minimum Gasteiger partial charge on any atom is -0.306 e. The Labute approximate surface area is 144 Å². The molecule has 0 aliphatic rings. The molecule has 4 heteroatoms. The molecule has 0 saturated carbocycles. The highest BCUT2D eigenvalue weighted by atomic mass is 79.9. The molecular formula is C17H21BrClNS. The van der Waals surface area contributed by atoms with Crippen LogP contribution in [0.4, 0.5) is 0 Å². The number of nitrogens with one attached hydrogen (secondary N) is 1. The van der Waals surface area contributed by atoms with Crippen molar-refractivity contribution < 1.29 is 0 Å². The second-order valence-electron chi connectivity index (χ2n) is 6.13. The van der Waals surface area contributed by atoms with Crippen LogP contribution in [0.5, 0.6) is 0 Å². The van der Waals surface area contributed by atoms with Crippen molar-refractivity contribution in [3.63, 3.8) is 0 Å². The van der Waals surface area contributed by atoms with Gasteiger partial charge in [0, 0.05) is 9.35 Å². The minimum absolute atomic E-state index is 0.182. The number of hydrogen-bond donors (Lipinski definition) is 1. The van der Waals surface area contributed by atoms with Crippen LogP contribution in [0.1, 0.15) is 49.7 Å². The van der Waals surface area contributed by atoms with Crippen LogP contribution in [0.2, 0.25) is 4.34 Å². The molecule has 114 valence electrons. The lowest BCUT2D eigenvalue weighted by atomic mass is 9.86. The highest BCUT2D eigenvalue weighted by molar-refractivity contribution is 9.10. The van der Waals surface area contributed by atoms with Gasteiger partial charge in [-0.25, -0.2) is 0 Å². The molecule has 0 spiro atoms. The van der Waals surface area contributed by atoms with E-state index >= 15 is 0 Å². The zero-order valence-electron chi connectivity index (χ0n) is 12.8. The van der Waals surface area contributed by atoms with Crippen molar-refractivity contribution in [3.05, 3.63) is 55.1 Å². The molecule has 0 bridgehead atoms. The Balaban J connectivity index is 2.34. The van der Waals surface area contributed by atoms with E-state index in [4.69, 9.17) is 11.6 Å². The fraction of sp³-hybridized carbons (Fsp3) is 0.412. The number of hydrogen-bond acceptors (Lipinski definition) is 2. The molecule has 0 fully saturated rings. The van der Waals surface area contributed by atoms with E-state index in [0.717, 1.165) is 15.4 Å². The average molecular weight is 387 g/mol. The fourth-order valence-corrected chi connectivity index (χ4v) is 4.11. The maximum atomic E-state index is 6.19. The molecule has 1 nitrogen and oxygen atoms in total. The standard InChI is InChI=1S/C17H21BrClNS/c1-5-20-15(14-10-13(18)16(19)21-14)11-6-8-12(9-7-11)17(2,3)4/h6-10,15,20H,5H2,1-4H3. The first kappa shape index (κ1) is 17.0. The van der Waals surface area contributed by atoms with Crippen LogP contribution in [-0.2, 0) is 5.41 Å². The van der Waals surface area contributed by atoms with Gasteiger partial charge < -0.3 is 5.32 Å². The summed E-state index contributed by atoms with van der Waals surface area (Å²) in [4.78, 5) is 1.23. The summed E-state index contributed by atoms with van der Waals surface area (Å²) < 4.78 is 1.78. The molecule has 21 heavy (non-hydrogen) atoms. The Morgan fingerprint density at radius 2 is 1.86 bits per heavy atom. The van der Waals surface area contributed by atoms with Crippen LogP contribution in [0.25, 0.3) is 0 Å². The number of benzene rings is 1. The lowest BCUT2D eigenvalue weighted by Crippen LogP contribution is -2.21. The van der Waals surface area contributed by atoms with E-state index in [1.165, 1.54) is 16.0 Å². The third-order valence-corrected chi connectivity index (χ3v) is 6.01. The lowest BCUT2D eigenvalue weighted by molar-refractivity contribution is 0.588. The van der Waals surface area contributed by atoms with Gasteiger partial charge in [-0.1, -0.05) is 63.6 Å². The smallest absolute Gasteiger partial charge is 0.107 e. The summed E-state index contributed by atoms with van der Waals surface area (Å²) in [5.41, 5.74) is 2.81. The summed E-state index contributed by atoms with van der Waals surface area (Å²) in [5.74, 6) is 0.